The van der Waals surface area contributed by atoms with Crippen molar-refractivity contribution in [3.8, 4) is 11.5 Å². The summed E-state index contributed by atoms with van der Waals surface area (Å²) >= 11 is 0. The molecule has 0 aromatic heterocycles. The van der Waals surface area contributed by atoms with Crippen LogP contribution in [0, 0.1) is 6.92 Å². The van der Waals surface area contributed by atoms with E-state index in [0.717, 1.165) is 36.3 Å². The van der Waals surface area contributed by atoms with Gasteiger partial charge in [0.15, 0.2) is 0 Å². The Bertz CT molecular complexity index is 1460. The first-order chi connectivity index (χ1) is 21.0. The number of ether oxygens (including phenoxy) is 3. The van der Waals surface area contributed by atoms with E-state index in [1.54, 1.807) is 47.4 Å². The van der Waals surface area contributed by atoms with E-state index in [9.17, 15) is 14.7 Å². The summed E-state index contributed by atoms with van der Waals surface area (Å²) in [5, 5.41) is 11.5. The summed E-state index contributed by atoms with van der Waals surface area (Å²) in [5.74, 6) is -0.236. The fourth-order valence-electron chi connectivity index (χ4n) is 5.45. The van der Waals surface area contributed by atoms with Gasteiger partial charge in [-0.1, -0.05) is 49.1 Å². The monoisotopic (exact) mass is 582 g/mol. The third kappa shape index (κ3) is 7.16. The molecule has 8 heteroatoms. The number of aliphatic hydroxyl groups is 1. The van der Waals surface area contributed by atoms with Gasteiger partial charge in [-0.05, 0) is 66.4 Å². The summed E-state index contributed by atoms with van der Waals surface area (Å²) in [6.07, 6.45) is 2.35. The van der Waals surface area contributed by atoms with Gasteiger partial charge in [-0.2, -0.15) is 0 Å². The minimum absolute atomic E-state index is 0.0738. The first kappa shape index (κ1) is 30.1. The minimum Gasteiger partial charge on any atom is -0.507 e. The summed E-state index contributed by atoms with van der Waals surface area (Å²) in [7, 11) is 0. The van der Waals surface area contributed by atoms with E-state index >= 15 is 0 Å². The third-order valence-corrected chi connectivity index (χ3v) is 7.86. The van der Waals surface area contributed by atoms with Crippen molar-refractivity contribution in [3.05, 3.63) is 113 Å². The van der Waals surface area contributed by atoms with E-state index in [2.05, 4.69) is 11.5 Å². The highest BCUT2D eigenvalue weighted by molar-refractivity contribution is 6.46. The second kappa shape index (κ2) is 14.2. The van der Waals surface area contributed by atoms with Crippen molar-refractivity contribution < 1.29 is 28.9 Å². The van der Waals surface area contributed by atoms with Crippen LogP contribution in [0.1, 0.15) is 34.7 Å². The van der Waals surface area contributed by atoms with E-state index < -0.39 is 17.7 Å². The van der Waals surface area contributed by atoms with Gasteiger partial charge < -0.3 is 24.2 Å². The minimum atomic E-state index is -0.727. The van der Waals surface area contributed by atoms with Crippen molar-refractivity contribution in [1.29, 1.82) is 0 Å². The van der Waals surface area contributed by atoms with E-state index in [0.29, 0.717) is 56.5 Å². The molecule has 0 spiro atoms. The predicted octanol–water partition coefficient (Wildman–Crippen LogP) is 5.28. The number of carbonyl (C=O) groups excluding carboxylic acids is 2. The number of benzene rings is 3. The highest BCUT2D eigenvalue weighted by Gasteiger charge is 2.45. The average molecular weight is 583 g/mol. The van der Waals surface area contributed by atoms with Gasteiger partial charge in [0.2, 0.25) is 0 Å². The maximum absolute atomic E-state index is 13.4. The van der Waals surface area contributed by atoms with Gasteiger partial charge in [0, 0.05) is 31.7 Å². The van der Waals surface area contributed by atoms with E-state index in [1.807, 2.05) is 43.3 Å². The van der Waals surface area contributed by atoms with Gasteiger partial charge >= 0.3 is 0 Å². The summed E-state index contributed by atoms with van der Waals surface area (Å²) in [5.41, 5.74) is 3.46. The Morgan fingerprint density at radius 2 is 1.63 bits per heavy atom. The number of rotatable bonds is 12. The molecule has 224 valence electrons. The van der Waals surface area contributed by atoms with E-state index in [-0.39, 0.29) is 11.3 Å². The Balaban J connectivity index is 1.39. The Morgan fingerprint density at radius 1 is 0.953 bits per heavy atom. The highest BCUT2D eigenvalue weighted by atomic mass is 16.5. The van der Waals surface area contributed by atoms with Crippen LogP contribution in [0.2, 0.25) is 0 Å². The molecule has 0 bridgehead atoms. The van der Waals surface area contributed by atoms with Gasteiger partial charge in [0.25, 0.3) is 11.7 Å². The Kier molecular flexibility index (Phi) is 9.92. The molecule has 43 heavy (non-hydrogen) atoms. The van der Waals surface area contributed by atoms with Crippen LogP contribution in [0.3, 0.4) is 0 Å². The number of ketones is 1. The predicted molar refractivity (Wildman–Crippen MR) is 165 cm³/mol. The molecule has 2 heterocycles. The van der Waals surface area contributed by atoms with Gasteiger partial charge in [-0.15, -0.1) is 0 Å². The summed E-state index contributed by atoms with van der Waals surface area (Å²) in [6.45, 7) is 10.7. The molecular weight excluding hydrogens is 544 g/mol. The molecule has 1 unspecified atom stereocenters. The first-order valence-electron chi connectivity index (χ1n) is 14.7. The van der Waals surface area contributed by atoms with Crippen LogP contribution in [0.4, 0.5) is 0 Å². The summed E-state index contributed by atoms with van der Waals surface area (Å²) in [4.78, 5) is 30.7. The highest BCUT2D eigenvalue weighted by Crippen LogP contribution is 2.40. The van der Waals surface area contributed by atoms with Crippen LogP contribution in [0.15, 0.2) is 91.0 Å². The molecule has 2 aliphatic rings. The molecule has 1 N–H and O–H groups in total. The van der Waals surface area contributed by atoms with Crippen LogP contribution in [-0.4, -0.2) is 72.6 Å². The molecule has 8 nitrogen and oxygen atoms in total. The van der Waals surface area contributed by atoms with Gasteiger partial charge in [-0.25, -0.2) is 0 Å². The fraction of sp³-hybridized carbons (Fsp3) is 0.314. The third-order valence-electron chi connectivity index (χ3n) is 7.86. The van der Waals surface area contributed by atoms with Crippen molar-refractivity contribution >= 4 is 17.4 Å². The molecule has 1 amide bonds. The summed E-state index contributed by atoms with van der Waals surface area (Å²) < 4.78 is 17.0. The fourth-order valence-corrected chi connectivity index (χ4v) is 5.45. The lowest BCUT2D eigenvalue weighted by molar-refractivity contribution is -0.140. The van der Waals surface area contributed by atoms with Crippen LogP contribution in [0.5, 0.6) is 11.5 Å². The molecule has 2 fully saturated rings. The molecule has 5 rings (SSSR count). The van der Waals surface area contributed by atoms with Gasteiger partial charge in [-0.3, -0.25) is 14.5 Å². The lowest BCUT2D eigenvalue weighted by Gasteiger charge is -2.29. The molecule has 0 aliphatic carbocycles. The molecule has 1 atom stereocenters. The standard InChI is InChI=1S/C35H38N2O6/c1-3-21-42-29-13-9-26(10-14-29)32-31(34(39)35(40)37(32)18-6-17-36-19-22-41-23-20-36)33(38)27-11-15-30(16-12-27)43-24-28-8-5-4-7-25(28)2/h3-5,7-16,32,38H,1,6,17-24H2,2H3/b33-31+. The number of carbonyl (C=O) groups is 2. The number of morpholine rings is 1. The molecule has 0 saturated carbocycles. The van der Waals surface area contributed by atoms with Crippen LogP contribution >= 0.6 is 0 Å². The Labute approximate surface area is 252 Å². The number of nitrogens with zero attached hydrogens (tertiary/aromatic N) is 2. The molecule has 3 aromatic rings. The zero-order valence-corrected chi connectivity index (χ0v) is 24.5. The molecule has 2 aliphatic heterocycles. The Morgan fingerprint density at radius 3 is 2.33 bits per heavy atom. The molecule has 0 radical (unpaired) electrons. The zero-order valence-electron chi connectivity index (χ0n) is 24.5. The van der Waals surface area contributed by atoms with E-state index in [1.165, 1.54) is 0 Å². The second-order valence-corrected chi connectivity index (χ2v) is 10.7. The quantitative estimate of drug-likeness (QED) is 0.135. The van der Waals surface area contributed by atoms with Crippen molar-refractivity contribution in [2.75, 3.05) is 46.0 Å². The number of hydrogen-bond acceptors (Lipinski definition) is 7. The van der Waals surface area contributed by atoms with Gasteiger partial charge in [0.05, 0.1) is 24.8 Å². The summed E-state index contributed by atoms with van der Waals surface area (Å²) in [6, 6.07) is 21.5. The average Bonchev–Trinajstić information content (AvgIpc) is 3.29. The Hall–Kier alpha value is -4.40. The molecule has 2 saturated heterocycles. The maximum Gasteiger partial charge on any atom is 0.295 e. The first-order valence-corrected chi connectivity index (χ1v) is 14.7. The molecular formula is C35H38N2O6. The van der Waals surface area contributed by atoms with Gasteiger partial charge in [0.1, 0.15) is 30.5 Å². The maximum atomic E-state index is 13.4. The molecule has 3 aromatic carbocycles. The zero-order chi connectivity index (χ0) is 30.2. The van der Waals surface area contributed by atoms with Crippen molar-refractivity contribution in [2.24, 2.45) is 0 Å². The normalized spacial score (nSPS) is 18.5. The van der Waals surface area contributed by atoms with Crippen LogP contribution in [-0.2, 0) is 20.9 Å². The number of aliphatic hydroxyl groups excluding tert-OH is 1. The lowest BCUT2D eigenvalue weighted by Crippen LogP contribution is -2.38. The number of Topliss-reactive ketones (excluding diaryl/α,β-unsaturated/α-hetero) is 1. The smallest absolute Gasteiger partial charge is 0.295 e. The van der Waals surface area contributed by atoms with Crippen LogP contribution < -0.4 is 9.47 Å². The number of hydrogen-bond donors (Lipinski definition) is 1. The number of likely N-dealkylation sites (tertiary alicyclic amines) is 1. The van der Waals surface area contributed by atoms with Crippen LogP contribution in [0.25, 0.3) is 5.76 Å². The van der Waals surface area contributed by atoms with Crippen molar-refractivity contribution in [3.63, 3.8) is 0 Å². The van der Waals surface area contributed by atoms with Crippen molar-refractivity contribution in [2.45, 2.75) is 26.0 Å². The van der Waals surface area contributed by atoms with Crippen molar-refractivity contribution in [1.82, 2.24) is 9.80 Å². The number of aryl methyl sites for hydroxylation is 1. The second-order valence-electron chi connectivity index (χ2n) is 10.7. The largest absolute Gasteiger partial charge is 0.507 e. The SMILES string of the molecule is C=CCOc1ccc(C2/C(=C(\O)c3ccc(OCc4ccccc4C)cc3)C(=O)C(=O)N2CCCN2CCOCC2)cc1. The number of amides is 1. The lowest BCUT2D eigenvalue weighted by atomic mass is 9.95. The van der Waals surface area contributed by atoms with E-state index in [4.69, 9.17) is 14.2 Å². The topological polar surface area (TPSA) is 88.5 Å².